The van der Waals surface area contributed by atoms with Crippen LogP contribution in [0.2, 0.25) is 0 Å². The number of nitrogens with one attached hydrogen (secondary N) is 2. The molecule has 0 heterocycles. The third-order valence-electron chi connectivity index (χ3n) is 3.18. The van der Waals surface area contributed by atoms with Crippen LogP contribution in [0, 0.1) is 0 Å². The maximum absolute atomic E-state index is 11.8. The molecule has 23 heavy (non-hydrogen) atoms. The van der Waals surface area contributed by atoms with Crippen molar-refractivity contribution >= 4 is 17.8 Å². The average Bonchev–Trinajstić information content (AvgIpc) is 2.56. The third-order valence-corrected chi connectivity index (χ3v) is 3.18. The van der Waals surface area contributed by atoms with E-state index in [0.717, 1.165) is 0 Å². The molecule has 1 atom stereocenters. The lowest BCUT2D eigenvalue weighted by Gasteiger charge is -2.13. The maximum atomic E-state index is 11.8. The molecule has 0 saturated carbocycles. The minimum atomic E-state index is -0.727. The summed E-state index contributed by atoms with van der Waals surface area (Å²) in [5, 5.41) is 15.1. The van der Waals surface area contributed by atoms with Crippen LogP contribution in [0.4, 0.5) is 0 Å². The maximum Gasteiger partial charge on any atom is 0.341 e. The lowest BCUT2D eigenvalue weighted by atomic mass is 10.1. The van der Waals surface area contributed by atoms with Crippen molar-refractivity contribution in [1.29, 1.82) is 0 Å². The number of rotatable bonds is 7. The number of aromatic hydroxyl groups is 1. The van der Waals surface area contributed by atoms with Gasteiger partial charge in [-0.05, 0) is 24.7 Å². The summed E-state index contributed by atoms with van der Waals surface area (Å²) < 4.78 is 9.10. The summed E-state index contributed by atoms with van der Waals surface area (Å²) in [6.07, 6.45) is -0.0740. The molecule has 0 radical (unpaired) electrons. The number of hydrogen-bond donors (Lipinski definition) is 3. The van der Waals surface area contributed by atoms with Crippen LogP contribution in [0.3, 0.4) is 0 Å². The van der Waals surface area contributed by atoms with Gasteiger partial charge in [-0.1, -0.05) is 6.07 Å². The number of ether oxygens (including phenoxy) is 2. The van der Waals surface area contributed by atoms with Crippen molar-refractivity contribution in [3.63, 3.8) is 0 Å². The standard InChI is InChI=1S/C15H20N2O6/c1-16-11(15(21)23-3)7-13(19)17-8-9-4-5-10(12(18)6-9)14(20)22-2/h4-6,11,16,18H,7-8H2,1-3H3,(H,17,19). The molecule has 8 heteroatoms. The Kier molecular flexibility index (Phi) is 7.01. The second-order valence-electron chi connectivity index (χ2n) is 4.69. The van der Waals surface area contributed by atoms with Crippen molar-refractivity contribution in [2.45, 2.75) is 19.0 Å². The molecule has 8 nitrogen and oxygen atoms in total. The molecule has 0 fully saturated rings. The quantitative estimate of drug-likeness (QED) is 0.602. The van der Waals surface area contributed by atoms with Crippen molar-refractivity contribution < 1.29 is 29.0 Å². The van der Waals surface area contributed by atoms with Crippen LogP contribution in [0.5, 0.6) is 5.75 Å². The minimum absolute atomic E-state index is 0.0449. The molecule has 0 spiro atoms. The minimum Gasteiger partial charge on any atom is -0.507 e. The summed E-state index contributed by atoms with van der Waals surface area (Å²) in [6, 6.07) is 3.63. The summed E-state index contributed by atoms with van der Waals surface area (Å²) in [6.45, 7) is 0.144. The Morgan fingerprint density at radius 2 is 1.91 bits per heavy atom. The molecule has 1 aromatic carbocycles. The van der Waals surface area contributed by atoms with Gasteiger partial charge in [0, 0.05) is 6.54 Å². The van der Waals surface area contributed by atoms with E-state index in [2.05, 4.69) is 20.1 Å². The molecule has 1 rings (SSSR count). The molecule has 0 bridgehead atoms. The van der Waals surface area contributed by atoms with E-state index in [-0.39, 0.29) is 30.2 Å². The van der Waals surface area contributed by atoms with E-state index in [4.69, 9.17) is 0 Å². The highest BCUT2D eigenvalue weighted by Crippen LogP contribution is 2.19. The SMILES string of the molecule is CNC(CC(=O)NCc1ccc(C(=O)OC)c(O)c1)C(=O)OC. The predicted octanol–water partition coefficient (Wildman–Crippen LogP) is -0.0539. The van der Waals surface area contributed by atoms with Gasteiger partial charge in [-0.3, -0.25) is 9.59 Å². The molecular weight excluding hydrogens is 304 g/mol. The van der Waals surface area contributed by atoms with E-state index in [0.29, 0.717) is 5.56 Å². The topological polar surface area (TPSA) is 114 Å². The zero-order valence-electron chi connectivity index (χ0n) is 13.2. The average molecular weight is 324 g/mol. The highest BCUT2D eigenvalue weighted by atomic mass is 16.5. The van der Waals surface area contributed by atoms with E-state index in [9.17, 15) is 19.5 Å². The Hall–Kier alpha value is -2.61. The van der Waals surface area contributed by atoms with Gasteiger partial charge in [0.05, 0.1) is 20.6 Å². The smallest absolute Gasteiger partial charge is 0.341 e. The number of amides is 1. The third kappa shape index (κ3) is 5.26. The Balaban J connectivity index is 2.61. The van der Waals surface area contributed by atoms with E-state index < -0.39 is 18.0 Å². The highest BCUT2D eigenvalue weighted by Gasteiger charge is 2.20. The number of carbonyl (C=O) groups is 3. The largest absolute Gasteiger partial charge is 0.507 e. The number of phenols is 1. The van der Waals surface area contributed by atoms with E-state index in [1.165, 1.54) is 26.4 Å². The number of hydrogen-bond acceptors (Lipinski definition) is 7. The van der Waals surface area contributed by atoms with Gasteiger partial charge in [0.25, 0.3) is 0 Å². The van der Waals surface area contributed by atoms with Gasteiger partial charge in [-0.2, -0.15) is 0 Å². The monoisotopic (exact) mass is 324 g/mol. The van der Waals surface area contributed by atoms with Gasteiger partial charge in [0.15, 0.2) is 0 Å². The molecule has 3 N–H and O–H groups in total. The van der Waals surface area contributed by atoms with Crippen LogP contribution in [-0.4, -0.2) is 50.3 Å². The molecule has 126 valence electrons. The van der Waals surface area contributed by atoms with Gasteiger partial charge in [-0.25, -0.2) is 4.79 Å². The molecule has 0 aliphatic heterocycles. The summed E-state index contributed by atoms with van der Waals surface area (Å²) >= 11 is 0. The Bertz CT molecular complexity index is 587. The second kappa shape index (κ2) is 8.74. The molecule has 1 unspecified atom stereocenters. The number of benzene rings is 1. The summed E-state index contributed by atoms with van der Waals surface area (Å²) in [4.78, 5) is 34.6. The Morgan fingerprint density at radius 3 is 2.43 bits per heavy atom. The van der Waals surface area contributed by atoms with Crippen LogP contribution in [0.15, 0.2) is 18.2 Å². The van der Waals surface area contributed by atoms with Crippen molar-refractivity contribution in [1.82, 2.24) is 10.6 Å². The van der Waals surface area contributed by atoms with Crippen LogP contribution in [-0.2, 0) is 25.6 Å². The van der Waals surface area contributed by atoms with Crippen molar-refractivity contribution in [2.75, 3.05) is 21.3 Å². The Morgan fingerprint density at radius 1 is 1.22 bits per heavy atom. The lowest BCUT2D eigenvalue weighted by molar-refractivity contribution is -0.144. The number of phenolic OH excluding ortho intramolecular Hbond substituents is 1. The van der Waals surface area contributed by atoms with Crippen LogP contribution in [0.25, 0.3) is 0 Å². The predicted molar refractivity (Wildman–Crippen MR) is 80.8 cm³/mol. The number of likely N-dealkylation sites (N-methyl/N-ethyl adjacent to an activating group) is 1. The first-order chi connectivity index (χ1) is 10.9. The molecule has 0 aromatic heterocycles. The molecule has 1 aromatic rings. The number of methoxy groups -OCH3 is 2. The summed E-state index contributed by atoms with van der Waals surface area (Å²) in [7, 11) is 4.02. The highest BCUT2D eigenvalue weighted by molar-refractivity contribution is 5.92. The van der Waals surface area contributed by atoms with Crippen LogP contribution >= 0.6 is 0 Å². The number of carbonyl (C=O) groups excluding carboxylic acids is 3. The first-order valence-corrected chi connectivity index (χ1v) is 6.85. The van der Waals surface area contributed by atoms with Gasteiger partial charge < -0.3 is 25.2 Å². The van der Waals surface area contributed by atoms with Gasteiger partial charge in [0.2, 0.25) is 5.91 Å². The van der Waals surface area contributed by atoms with Gasteiger partial charge >= 0.3 is 11.9 Å². The summed E-state index contributed by atoms with van der Waals surface area (Å²) in [5.74, 6) is -1.76. The lowest BCUT2D eigenvalue weighted by Crippen LogP contribution is -2.39. The zero-order chi connectivity index (χ0) is 17.4. The van der Waals surface area contributed by atoms with Crippen LogP contribution < -0.4 is 10.6 Å². The first-order valence-electron chi connectivity index (χ1n) is 6.85. The van der Waals surface area contributed by atoms with Gasteiger partial charge in [-0.15, -0.1) is 0 Å². The fourth-order valence-corrected chi connectivity index (χ4v) is 1.87. The van der Waals surface area contributed by atoms with Crippen molar-refractivity contribution in [3.05, 3.63) is 29.3 Å². The fourth-order valence-electron chi connectivity index (χ4n) is 1.87. The second-order valence-corrected chi connectivity index (χ2v) is 4.69. The normalized spacial score (nSPS) is 11.4. The molecule has 0 aliphatic carbocycles. The molecule has 0 aliphatic rings. The molecule has 1 amide bonds. The van der Waals surface area contributed by atoms with Gasteiger partial charge in [0.1, 0.15) is 17.4 Å². The van der Waals surface area contributed by atoms with Crippen LogP contribution in [0.1, 0.15) is 22.3 Å². The number of esters is 2. The van der Waals surface area contributed by atoms with E-state index in [1.807, 2.05) is 0 Å². The van der Waals surface area contributed by atoms with Crippen molar-refractivity contribution in [2.24, 2.45) is 0 Å². The van der Waals surface area contributed by atoms with Crippen molar-refractivity contribution in [3.8, 4) is 5.75 Å². The summed E-state index contributed by atoms with van der Waals surface area (Å²) in [5.41, 5.74) is 0.645. The zero-order valence-corrected chi connectivity index (χ0v) is 13.2. The van der Waals surface area contributed by atoms with E-state index >= 15 is 0 Å². The van der Waals surface area contributed by atoms with E-state index in [1.54, 1.807) is 13.1 Å². The Labute approximate surface area is 133 Å². The first kappa shape index (κ1) is 18.4. The fraction of sp³-hybridized carbons (Fsp3) is 0.400. The molecular formula is C15H20N2O6. The molecule has 0 saturated heterocycles.